The van der Waals surface area contributed by atoms with Crippen molar-refractivity contribution in [2.75, 3.05) is 13.7 Å². The lowest BCUT2D eigenvalue weighted by atomic mass is 9.93. The molecular formula is C18H22N2O2S. The number of hydrogen-bond donors (Lipinski definition) is 0. The standard InChI is InChI=1S/C18H22N2O2S/c1-11(2)16-10-23-17(19-16)18(21)20-8-7-13-5-6-14(22-4)9-15(13)12(20)3/h5-6,9-12H,7-8H2,1-4H3/t12-/m1/s1. The van der Waals surface area contributed by atoms with Crippen LogP contribution in [0.15, 0.2) is 23.6 Å². The fourth-order valence-electron chi connectivity index (χ4n) is 2.97. The highest BCUT2D eigenvalue weighted by molar-refractivity contribution is 7.11. The summed E-state index contributed by atoms with van der Waals surface area (Å²) in [5.74, 6) is 1.21. The van der Waals surface area contributed by atoms with Crippen molar-refractivity contribution in [3.05, 3.63) is 45.4 Å². The van der Waals surface area contributed by atoms with Crippen LogP contribution in [0.3, 0.4) is 0 Å². The van der Waals surface area contributed by atoms with Crippen LogP contribution < -0.4 is 4.74 Å². The SMILES string of the molecule is COc1ccc2c(c1)[C@@H](C)N(C(=O)c1nc(C(C)C)cs1)CC2. The average Bonchev–Trinajstić information content (AvgIpc) is 3.05. The molecule has 0 spiro atoms. The van der Waals surface area contributed by atoms with Gasteiger partial charge in [-0.15, -0.1) is 11.3 Å². The number of aromatic nitrogens is 1. The molecule has 1 aliphatic heterocycles. The van der Waals surface area contributed by atoms with Gasteiger partial charge in [-0.2, -0.15) is 0 Å². The molecule has 1 aromatic carbocycles. The molecule has 2 heterocycles. The van der Waals surface area contributed by atoms with E-state index in [0.717, 1.165) is 24.4 Å². The number of hydrogen-bond acceptors (Lipinski definition) is 4. The lowest BCUT2D eigenvalue weighted by Gasteiger charge is -2.35. The van der Waals surface area contributed by atoms with Crippen LogP contribution in [0.25, 0.3) is 0 Å². The Morgan fingerprint density at radius 2 is 2.22 bits per heavy atom. The molecule has 122 valence electrons. The Balaban J connectivity index is 1.87. The quantitative estimate of drug-likeness (QED) is 0.853. The number of nitrogens with zero attached hydrogens (tertiary/aromatic N) is 2. The molecule has 3 rings (SSSR count). The molecule has 23 heavy (non-hydrogen) atoms. The van der Waals surface area contributed by atoms with Gasteiger partial charge in [0.05, 0.1) is 18.8 Å². The Morgan fingerprint density at radius 1 is 1.43 bits per heavy atom. The Bertz CT molecular complexity index is 724. The molecule has 0 saturated carbocycles. The van der Waals surface area contributed by atoms with E-state index in [1.54, 1.807) is 7.11 Å². The molecule has 0 unspecified atom stereocenters. The fourth-order valence-corrected chi connectivity index (χ4v) is 3.90. The monoisotopic (exact) mass is 330 g/mol. The maximum atomic E-state index is 12.9. The Labute approximate surface area is 141 Å². The molecule has 1 aromatic heterocycles. The smallest absolute Gasteiger partial charge is 0.283 e. The van der Waals surface area contributed by atoms with E-state index in [1.807, 2.05) is 22.4 Å². The van der Waals surface area contributed by atoms with Crippen LogP contribution in [0.1, 0.15) is 59.4 Å². The van der Waals surface area contributed by atoms with Crippen LogP contribution in [0.5, 0.6) is 5.75 Å². The largest absolute Gasteiger partial charge is 0.497 e. The van der Waals surface area contributed by atoms with E-state index in [2.05, 4.69) is 31.8 Å². The molecule has 1 atom stereocenters. The van der Waals surface area contributed by atoms with Gasteiger partial charge in [0.25, 0.3) is 5.91 Å². The number of ether oxygens (including phenoxy) is 1. The highest BCUT2D eigenvalue weighted by Crippen LogP contribution is 2.33. The van der Waals surface area contributed by atoms with Gasteiger partial charge in [0.1, 0.15) is 5.75 Å². The van der Waals surface area contributed by atoms with Gasteiger partial charge in [0, 0.05) is 11.9 Å². The van der Waals surface area contributed by atoms with Crippen molar-refractivity contribution in [3.63, 3.8) is 0 Å². The van der Waals surface area contributed by atoms with Crippen molar-refractivity contribution < 1.29 is 9.53 Å². The van der Waals surface area contributed by atoms with Gasteiger partial charge in [-0.3, -0.25) is 4.79 Å². The van der Waals surface area contributed by atoms with Crippen molar-refractivity contribution in [2.45, 2.75) is 39.2 Å². The minimum atomic E-state index is 0.0304. The molecule has 4 nitrogen and oxygen atoms in total. The zero-order valence-electron chi connectivity index (χ0n) is 14.0. The highest BCUT2D eigenvalue weighted by atomic mass is 32.1. The van der Waals surface area contributed by atoms with E-state index in [1.165, 1.54) is 22.5 Å². The van der Waals surface area contributed by atoms with Crippen LogP contribution >= 0.6 is 11.3 Å². The van der Waals surface area contributed by atoms with E-state index in [0.29, 0.717) is 10.9 Å². The zero-order chi connectivity index (χ0) is 16.6. The zero-order valence-corrected chi connectivity index (χ0v) is 14.8. The van der Waals surface area contributed by atoms with Gasteiger partial charge in [-0.25, -0.2) is 4.98 Å². The number of fused-ring (bicyclic) bond motifs is 1. The number of amides is 1. The summed E-state index contributed by atoms with van der Waals surface area (Å²) in [6.45, 7) is 6.99. The summed E-state index contributed by atoms with van der Waals surface area (Å²) < 4.78 is 5.32. The van der Waals surface area contributed by atoms with E-state index in [9.17, 15) is 4.79 Å². The number of benzene rings is 1. The van der Waals surface area contributed by atoms with Crippen LogP contribution in [0.4, 0.5) is 0 Å². The highest BCUT2D eigenvalue weighted by Gasteiger charge is 2.30. The average molecular weight is 330 g/mol. The van der Waals surface area contributed by atoms with Crippen molar-refractivity contribution >= 4 is 17.2 Å². The first-order valence-corrected chi connectivity index (χ1v) is 8.82. The molecule has 0 aliphatic carbocycles. The van der Waals surface area contributed by atoms with Gasteiger partial charge in [-0.05, 0) is 42.5 Å². The Hall–Kier alpha value is -1.88. The number of carbonyl (C=O) groups excluding carboxylic acids is 1. The third kappa shape index (κ3) is 2.98. The van der Waals surface area contributed by atoms with Crippen molar-refractivity contribution in [3.8, 4) is 5.75 Å². The number of carbonyl (C=O) groups is 1. The second-order valence-electron chi connectivity index (χ2n) is 6.22. The summed E-state index contributed by atoms with van der Waals surface area (Å²) in [6, 6.07) is 6.17. The molecule has 5 heteroatoms. The summed E-state index contributed by atoms with van der Waals surface area (Å²) in [7, 11) is 1.67. The van der Waals surface area contributed by atoms with Crippen LogP contribution in [-0.2, 0) is 6.42 Å². The second kappa shape index (κ2) is 6.32. The fraction of sp³-hybridized carbons (Fsp3) is 0.444. The molecule has 2 aromatic rings. The minimum absolute atomic E-state index is 0.0304. The lowest BCUT2D eigenvalue weighted by Crippen LogP contribution is -2.38. The van der Waals surface area contributed by atoms with Crippen molar-refractivity contribution in [2.24, 2.45) is 0 Å². The first-order chi connectivity index (χ1) is 11.0. The van der Waals surface area contributed by atoms with Gasteiger partial charge in [0.15, 0.2) is 5.01 Å². The Kier molecular flexibility index (Phi) is 4.39. The Morgan fingerprint density at radius 3 is 2.87 bits per heavy atom. The van der Waals surface area contributed by atoms with Crippen molar-refractivity contribution in [1.82, 2.24) is 9.88 Å². The molecule has 0 saturated heterocycles. The molecule has 0 fully saturated rings. The molecule has 0 bridgehead atoms. The van der Waals surface area contributed by atoms with Gasteiger partial charge < -0.3 is 9.64 Å². The van der Waals surface area contributed by atoms with Crippen LogP contribution in [0.2, 0.25) is 0 Å². The molecule has 0 radical (unpaired) electrons. The summed E-state index contributed by atoms with van der Waals surface area (Å²) >= 11 is 1.44. The molecule has 1 aliphatic rings. The molecule has 1 amide bonds. The predicted octanol–water partition coefficient (Wildman–Crippen LogP) is 4.03. The number of rotatable bonds is 3. The van der Waals surface area contributed by atoms with E-state index in [4.69, 9.17) is 4.74 Å². The van der Waals surface area contributed by atoms with Crippen molar-refractivity contribution in [1.29, 1.82) is 0 Å². The van der Waals surface area contributed by atoms with E-state index >= 15 is 0 Å². The summed E-state index contributed by atoms with van der Waals surface area (Å²) in [5.41, 5.74) is 3.46. The van der Waals surface area contributed by atoms with Gasteiger partial charge in [0.2, 0.25) is 0 Å². The number of methoxy groups -OCH3 is 1. The normalized spacial score (nSPS) is 17.3. The minimum Gasteiger partial charge on any atom is -0.497 e. The summed E-state index contributed by atoms with van der Waals surface area (Å²) in [4.78, 5) is 19.3. The topological polar surface area (TPSA) is 42.4 Å². The van der Waals surface area contributed by atoms with Crippen LogP contribution in [-0.4, -0.2) is 29.4 Å². The first-order valence-electron chi connectivity index (χ1n) is 7.94. The number of thiazole rings is 1. The maximum Gasteiger partial charge on any atom is 0.283 e. The van der Waals surface area contributed by atoms with Gasteiger partial charge in [-0.1, -0.05) is 19.9 Å². The third-order valence-corrected chi connectivity index (χ3v) is 5.30. The third-order valence-electron chi connectivity index (χ3n) is 4.45. The van der Waals surface area contributed by atoms with E-state index < -0.39 is 0 Å². The summed E-state index contributed by atoms with van der Waals surface area (Å²) in [5, 5.41) is 2.58. The van der Waals surface area contributed by atoms with E-state index in [-0.39, 0.29) is 11.9 Å². The second-order valence-corrected chi connectivity index (χ2v) is 7.08. The first kappa shape index (κ1) is 16.0. The molecule has 0 N–H and O–H groups in total. The lowest BCUT2D eigenvalue weighted by molar-refractivity contribution is 0.0676. The van der Waals surface area contributed by atoms with Crippen LogP contribution in [0, 0.1) is 0 Å². The summed E-state index contributed by atoms with van der Waals surface area (Å²) in [6.07, 6.45) is 0.873. The maximum absolute atomic E-state index is 12.9. The van der Waals surface area contributed by atoms with Gasteiger partial charge >= 0.3 is 0 Å². The predicted molar refractivity (Wildman–Crippen MR) is 92.4 cm³/mol. The molecular weight excluding hydrogens is 308 g/mol.